The summed E-state index contributed by atoms with van der Waals surface area (Å²) in [5.74, 6) is -0.962. The van der Waals surface area contributed by atoms with E-state index in [0.29, 0.717) is 15.6 Å². The van der Waals surface area contributed by atoms with Crippen LogP contribution < -0.4 is 0 Å². The third-order valence-corrected chi connectivity index (χ3v) is 9.82. The zero-order chi connectivity index (χ0) is 27.7. The van der Waals surface area contributed by atoms with E-state index in [2.05, 4.69) is 0 Å². The van der Waals surface area contributed by atoms with E-state index in [4.69, 9.17) is 27.9 Å². The first-order valence-corrected chi connectivity index (χ1v) is 14.4. The van der Waals surface area contributed by atoms with Gasteiger partial charge in [0.2, 0.25) is 5.91 Å². The summed E-state index contributed by atoms with van der Waals surface area (Å²) in [6, 6.07) is 12.8. The zero-order valence-electron chi connectivity index (χ0n) is 21.9. The normalized spacial score (nSPS) is 21.6. The first-order chi connectivity index (χ1) is 17.1. The number of benzene rings is 2. The van der Waals surface area contributed by atoms with Crippen LogP contribution in [0, 0.1) is 0 Å². The summed E-state index contributed by atoms with van der Waals surface area (Å²) >= 11 is 12.5. The Morgan fingerprint density at radius 2 is 1.68 bits per heavy atom. The molecule has 3 rings (SSSR count). The molecule has 2 aromatic carbocycles. The molecule has 37 heavy (non-hydrogen) atoms. The summed E-state index contributed by atoms with van der Waals surface area (Å²) < 4.78 is 31.7. The van der Waals surface area contributed by atoms with Gasteiger partial charge in [-0.25, -0.2) is 8.42 Å². The van der Waals surface area contributed by atoms with Crippen LogP contribution in [0.15, 0.2) is 48.5 Å². The standard InChI is InChI=1S/C27H34Cl2N2O5S/c1-17(16-37(34,35)27(2,3)4)31-24(18-10-12-20(28)13-11-18)25(19-8-7-9-21(29)14-19)36-22(26(31)33)15-23(32)30(5)6/h7-14,17,22,24-25H,15-16H2,1-6H3/t17?,22-,24+,25+/m0/s1. The summed E-state index contributed by atoms with van der Waals surface area (Å²) in [5.41, 5.74) is 1.43. The van der Waals surface area contributed by atoms with Gasteiger partial charge in [-0.1, -0.05) is 47.5 Å². The Kier molecular flexibility index (Phi) is 9.00. The van der Waals surface area contributed by atoms with Crippen LogP contribution in [0.1, 0.15) is 57.4 Å². The highest BCUT2D eigenvalue weighted by Gasteiger charge is 2.48. The molecule has 1 saturated heterocycles. The maximum absolute atomic E-state index is 13.9. The number of nitrogens with zero attached hydrogens (tertiary/aromatic N) is 2. The Hall–Kier alpha value is -2.13. The fraction of sp³-hybridized carbons (Fsp3) is 0.481. The quantitative estimate of drug-likeness (QED) is 0.464. The number of hydrogen-bond donors (Lipinski definition) is 0. The van der Waals surface area contributed by atoms with E-state index in [0.717, 1.165) is 5.56 Å². The molecule has 1 heterocycles. The van der Waals surface area contributed by atoms with Gasteiger partial charge in [-0.15, -0.1) is 0 Å². The summed E-state index contributed by atoms with van der Waals surface area (Å²) in [5, 5.41) is 1.01. The Morgan fingerprint density at radius 1 is 1.05 bits per heavy atom. The molecule has 0 bridgehead atoms. The molecule has 4 atom stereocenters. The van der Waals surface area contributed by atoms with Gasteiger partial charge in [0, 0.05) is 30.2 Å². The molecule has 1 unspecified atom stereocenters. The highest BCUT2D eigenvalue weighted by atomic mass is 35.5. The van der Waals surface area contributed by atoms with Gasteiger partial charge >= 0.3 is 0 Å². The van der Waals surface area contributed by atoms with Gasteiger partial charge in [0.05, 0.1) is 23.0 Å². The number of rotatable bonds is 7. The van der Waals surface area contributed by atoms with Gasteiger partial charge in [0.1, 0.15) is 12.2 Å². The summed E-state index contributed by atoms with van der Waals surface area (Å²) in [7, 11) is -0.361. The van der Waals surface area contributed by atoms with E-state index >= 15 is 0 Å². The Bertz CT molecular complexity index is 1240. The van der Waals surface area contributed by atoms with Crippen molar-refractivity contribution in [1.29, 1.82) is 0 Å². The molecule has 0 N–H and O–H groups in total. The lowest BCUT2D eigenvalue weighted by Gasteiger charge is -2.47. The second kappa shape index (κ2) is 11.3. The van der Waals surface area contributed by atoms with Crippen LogP contribution >= 0.6 is 23.2 Å². The van der Waals surface area contributed by atoms with Crippen molar-refractivity contribution >= 4 is 44.9 Å². The predicted molar refractivity (Wildman–Crippen MR) is 146 cm³/mol. The monoisotopic (exact) mass is 568 g/mol. The Balaban J connectivity index is 2.18. The minimum Gasteiger partial charge on any atom is -0.357 e. The van der Waals surface area contributed by atoms with Gasteiger partial charge in [-0.05, 0) is 63.1 Å². The highest BCUT2D eigenvalue weighted by molar-refractivity contribution is 7.92. The van der Waals surface area contributed by atoms with Crippen LogP contribution in [0.3, 0.4) is 0 Å². The Labute approximate surface area is 229 Å². The van der Waals surface area contributed by atoms with Crippen LogP contribution in [-0.4, -0.2) is 66.8 Å². The van der Waals surface area contributed by atoms with Crippen LogP contribution in [0.2, 0.25) is 10.0 Å². The van der Waals surface area contributed by atoms with E-state index in [1.807, 2.05) is 6.07 Å². The molecule has 7 nitrogen and oxygen atoms in total. The molecule has 1 fully saturated rings. The Morgan fingerprint density at radius 3 is 2.22 bits per heavy atom. The maximum Gasteiger partial charge on any atom is 0.253 e. The number of ether oxygens (including phenoxy) is 1. The molecular formula is C27H34Cl2N2O5S. The van der Waals surface area contributed by atoms with E-state index in [1.54, 1.807) is 89.2 Å². The van der Waals surface area contributed by atoms with Gasteiger partial charge in [0.15, 0.2) is 9.84 Å². The lowest BCUT2D eigenvalue weighted by Crippen LogP contribution is -2.56. The molecule has 0 aliphatic carbocycles. The maximum atomic E-state index is 13.9. The largest absolute Gasteiger partial charge is 0.357 e. The zero-order valence-corrected chi connectivity index (χ0v) is 24.3. The number of sulfone groups is 1. The first kappa shape index (κ1) is 29.4. The van der Waals surface area contributed by atoms with Crippen molar-refractivity contribution in [3.8, 4) is 0 Å². The lowest BCUT2D eigenvalue weighted by molar-refractivity contribution is -0.180. The van der Waals surface area contributed by atoms with Crippen molar-refractivity contribution in [2.75, 3.05) is 19.8 Å². The second-order valence-corrected chi connectivity index (χ2v) is 14.2. The molecule has 2 aromatic rings. The van der Waals surface area contributed by atoms with Crippen molar-refractivity contribution in [3.63, 3.8) is 0 Å². The summed E-state index contributed by atoms with van der Waals surface area (Å²) in [4.78, 5) is 29.5. The SMILES string of the molecule is CC(CS(=O)(=O)C(C)(C)C)N1C(=O)[C@H](CC(=O)N(C)C)O[C@H](c2cccc(Cl)c2)[C@H]1c1ccc(Cl)cc1. The van der Waals surface area contributed by atoms with Crippen molar-refractivity contribution in [3.05, 3.63) is 69.7 Å². The number of halogens is 2. The number of morpholine rings is 1. The molecule has 0 saturated carbocycles. The molecule has 0 spiro atoms. The number of carbonyl (C=O) groups is 2. The van der Waals surface area contributed by atoms with Crippen LogP contribution in [0.4, 0.5) is 0 Å². The van der Waals surface area contributed by atoms with Crippen molar-refractivity contribution in [2.45, 2.75) is 63.2 Å². The molecule has 202 valence electrons. The fourth-order valence-electron chi connectivity index (χ4n) is 4.31. The average molecular weight is 570 g/mol. The third kappa shape index (κ3) is 6.66. The number of amides is 2. The molecule has 0 aromatic heterocycles. The van der Waals surface area contributed by atoms with Crippen molar-refractivity contribution in [1.82, 2.24) is 9.80 Å². The average Bonchev–Trinajstić information content (AvgIpc) is 2.79. The van der Waals surface area contributed by atoms with Crippen LogP contribution in [0.5, 0.6) is 0 Å². The molecule has 2 amide bonds. The topological polar surface area (TPSA) is 84.0 Å². The van der Waals surface area contributed by atoms with E-state index < -0.39 is 44.8 Å². The lowest BCUT2D eigenvalue weighted by atomic mass is 9.90. The summed E-state index contributed by atoms with van der Waals surface area (Å²) in [6.45, 7) is 6.63. The molecule has 10 heteroatoms. The second-order valence-electron chi connectivity index (χ2n) is 10.6. The minimum absolute atomic E-state index is 0.175. The molecule has 0 radical (unpaired) electrons. The van der Waals surface area contributed by atoms with E-state index in [-0.39, 0.29) is 18.1 Å². The molecule has 1 aliphatic rings. The molecule has 1 aliphatic heterocycles. The highest BCUT2D eigenvalue weighted by Crippen LogP contribution is 2.44. The van der Waals surface area contributed by atoms with Gasteiger partial charge in [0.25, 0.3) is 5.91 Å². The van der Waals surface area contributed by atoms with Crippen LogP contribution in [-0.2, 0) is 24.2 Å². The van der Waals surface area contributed by atoms with E-state index in [9.17, 15) is 18.0 Å². The number of carbonyl (C=O) groups excluding carboxylic acids is 2. The summed E-state index contributed by atoms with van der Waals surface area (Å²) in [6.07, 6.45) is -1.98. The van der Waals surface area contributed by atoms with Crippen LogP contribution in [0.25, 0.3) is 0 Å². The number of hydrogen-bond acceptors (Lipinski definition) is 5. The predicted octanol–water partition coefficient (Wildman–Crippen LogP) is 5.08. The van der Waals surface area contributed by atoms with Gasteiger partial charge in [-0.2, -0.15) is 0 Å². The van der Waals surface area contributed by atoms with Gasteiger partial charge < -0.3 is 14.5 Å². The van der Waals surface area contributed by atoms with E-state index in [1.165, 1.54) is 4.90 Å². The smallest absolute Gasteiger partial charge is 0.253 e. The van der Waals surface area contributed by atoms with Crippen molar-refractivity contribution < 1.29 is 22.7 Å². The van der Waals surface area contributed by atoms with Crippen molar-refractivity contribution in [2.24, 2.45) is 0 Å². The third-order valence-electron chi connectivity index (χ3n) is 6.54. The minimum atomic E-state index is -3.58. The van der Waals surface area contributed by atoms with Gasteiger partial charge in [-0.3, -0.25) is 9.59 Å². The fourth-order valence-corrected chi connectivity index (χ4v) is 5.93. The first-order valence-electron chi connectivity index (χ1n) is 12.0. The molecular weight excluding hydrogens is 535 g/mol.